The van der Waals surface area contributed by atoms with Gasteiger partial charge in [-0.05, 0) is 116 Å². The lowest BCUT2D eigenvalue weighted by molar-refractivity contribution is 0.667. The van der Waals surface area contributed by atoms with Gasteiger partial charge in [0.25, 0.3) is 0 Å². The molecule has 17 aromatic rings. The lowest BCUT2D eigenvalue weighted by atomic mass is 9.95. The van der Waals surface area contributed by atoms with Gasteiger partial charge in [-0.1, -0.05) is 231 Å². The van der Waals surface area contributed by atoms with Crippen molar-refractivity contribution in [3.05, 3.63) is 303 Å². The molecule has 0 aliphatic heterocycles. The number of fused-ring (bicyclic) bond motifs is 13. The van der Waals surface area contributed by atoms with Crippen LogP contribution in [0.3, 0.4) is 0 Å². The van der Waals surface area contributed by atoms with E-state index in [4.69, 9.17) is 13.3 Å². The van der Waals surface area contributed by atoms with Crippen molar-refractivity contribution in [2.24, 2.45) is 0 Å². The van der Waals surface area contributed by atoms with Crippen LogP contribution in [0.2, 0.25) is 0 Å². The van der Waals surface area contributed by atoms with Crippen molar-refractivity contribution < 1.29 is 13.3 Å². The number of benzene rings is 14. The maximum absolute atomic E-state index is 7.54. The van der Waals surface area contributed by atoms with Gasteiger partial charge in [-0.3, -0.25) is 0 Å². The molecular weight excluding hydrogens is 1040 g/mol. The molecular formula is C80H50N2O3. The van der Waals surface area contributed by atoms with Crippen molar-refractivity contribution in [2.45, 2.75) is 0 Å². The molecule has 398 valence electrons. The first-order valence-electron chi connectivity index (χ1n) is 28.9. The molecule has 0 unspecified atom stereocenters. The van der Waals surface area contributed by atoms with E-state index in [1.807, 2.05) is 12.1 Å². The Morgan fingerprint density at radius 2 is 0.494 bits per heavy atom. The molecule has 85 heavy (non-hydrogen) atoms. The summed E-state index contributed by atoms with van der Waals surface area (Å²) in [6, 6.07) is 108. The molecule has 17 rings (SSSR count). The smallest absolute Gasteiger partial charge is 0.159 e. The van der Waals surface area contributed by atoms with E-state index in [9.17, 15) is 0 Å². The Balaban J connectivity index is 0.959. The van der Waals surface area contributed by atoms with Crippen LogP contribution < -0.4 is 9.80 Å². The van der Waals surface area contributed by atoms with Gasteiger partial charge in [0, 0.05) is 66.6 Å². The van der Waals surface area contributed by atoms with Crippen molar-refractivity contribution in [1.82, 2.24) is 0 Å². The SMILES string of the molecule is c1ccc(-c2cc(-c3ccccc3)cc(N(c3cc4oc5cc(N(c6cc(-c7ccccc7)cc(-c7ccccc7)c6)c6cccc7c6oc6ccccc67)c6ccccc6c5c4c4ccccc34)c3cccc4c3oc3ccccc34)c2)cc1. The van der Waals surface area contributed by atoms with Crippen LogP contribution in [0.4, 0.5) is 34.1 Å². The number of furan rings is 3. The van der Waals surface area contributed by atoms with Gasteiger partial charge < -0.3 is 23.1 Å². The van der Waals surface area contributed by atoms with Crippen LogP contribution in [-0.2, 0) is 0 Å². The van der Waals surface area contributed by atoms with Crippen LogP contribution >= 0.6 is 0 Å². The summed E-state index contributed by atoms with van der Waals surface area (Å²) in [7, 11) is 0. The van der Waals surface area contributed by atoms with Crippen LogP contribution in [0.5, 0.6) is 0 Å². The quantitative estimate of drug-likeness (QED) is 0.137. The summed E-state index contributed by atoms with van der Waals surface area (Å²) in [4.78, 5) is 4.78. The first-order chi connectivity index (χ1) is 42.1. The predicted octanol–water partition coefficient (Wildman–Crippen LogP) is 23.3. The summed E-state index contributed by atoms with van der Waals surface area (Å²) < 4.78 is 21.5. The summed E-state index contributed by atoms with van der Waals surface area (Å²) in [5.41, 5.74) is 19.3. The van der Waals surface area contributed by atoms with Gasteiger partial charge in [0.05, 0.1) is 22.7 Å². The highest BCUT2D eigenvalue weighted by atomic mass is 16.3. The van der Waals surface area contributed by atoms with E-state index in [1.54, 1.807) is 0 Å². The highest BCUT2D eigenvalue weighted by Crippen LogP contribution is 2.53. The molecule has 3 heterocycles. The molecule has 0 aliphatic rings. The molecule has 0 fully saturated rings. The maximum Gasteiger partial charge on any atom is 0.159 e. The van der Waals surface area contributed by atoms with E-state index in [0.717, 1.165) is 166 Å². The van der Waals surface area contributed by atoms with E-state index < -0.39 is 0 Å². The van der Waals surface area contributed by atoms with E-state index >= 15 is 0 Å². The average Bonchev–Trinajstić information content (AvgIpc) is 2.97. The monoisotopic (exact) mass is 1090 g/mol. The van der Waals surface area contributed by atoms with E-state index in [1.165, 1.54) is 0 Å². The highest BCUT2D eigenvalue weighted by molar-refractivity contribution is 6.31. The lowest BCUT2D eigenvalue weighted by Crippen LogP contribution is -2.11. The fourth-order valence-corrected chi connectivity index (χ4v) is 13.1. The molecule has 3 aromatic heterocycles. The molecule has 5 nitrogen and oxygen atoms in total. The summed E-state index contributed by atoms with van der Waals surface area (Å²) in [6.07, 6.45) is 0. The lowest BCUT2D eigenvalue weighted by Gasteiger charge is -2.28. The van der Waals surface area contributed by atoms with Crippen molar-refractivity contribution in [3.63, 3.8) is 0 Å². The molecule has 0 atom stereocenters. The molecule has 5 heteroatoms. The summed E-state index contributed by atoms with van der Waals surface area (Å²) in [5, 5.41) is 10.6. The largest absolute Gasteiger partial charge is 0.456 e. The van der Waals surface area contributed by atoms with E-state index in [-0.39, 0.29) is 0 Å². The zero-order valence-electron chi connectivity index (χ0n) is 46.0. The van der Waals surface area contributed by atoms with Gasteiger partial charge in [0.2, 0.25) is 0 Å². The van der Waals surface area contributed by atoms with Crippen molar-refractivity contribution in [2.75, 3.05) is 9.80 Å². The van der Waals surface area contributed by atoms with Crippen LogP contribution in [0.25, 0.3) is 132 Å². The first kappa shape index (κ1) is 48.3. The molecule has 0 aliphatic carbocycles. The van der Waals surface area contributed by atoms with Crippen LogP contribution in [0.1, 0.15) is 0 Å². The summed E-state index contributed by atoms with van der Waals surface area (Å²) in [5.74, 6) is 0. The number of anilines is 6. The number of hydrogen-bond donors (Lipinski definition) is 0. The Morgan fingerprint density at radius 3 is 0.859 bits per heavy atom. The van der Waals surface area contributed by atoms with Crippen molar-refractivity contribution in [3.8, 4) is 44.5 Å². The van der Waals surface area contributed by atoms with Crippen LogP contribution in [0.15, 0.2) is 317 Å². The summed E-state index contributed by atoms with van der Waals surface area (Å²) >= 11 is 0. The highest BCUT2D eigenvalue weighted by Gasteiger charge is 2.28. The van der Waals surface area contributed by atoms with E-state index in [2.05, 4.69) is 301 Å². The van der Waals surface area contributed by atoms with Crippen molar-refractivity contribution >= 4 is 121 Å². The molecule has 0 spiro atoms. The zero-order valence-corrected chi connectivity index (χ0v) is 46.0. The number of nitrogens with zero attached hydrogens (tertiary/aromatic N) is 2. The fourth-order valence-electron chi connectivity index (χ4n) is 13.1. The van der Waals surface area contributed by atoms with Gasteiger partial charge in [-0.25, -0.2) is 0 Å². The number of rotatable bonds is 10. The Hall–Kier alpha value is -11.4. The Morgan fingerprint density at radius 1 is 0.188 bits per heavy atom. The fraction of sp³-hybridized carbons (Fsp3) is 0. The van der Waals surface area contributed by atoms with Gasteiger partial charge in [0.1, 0.15) is 22.3 Å². The zero-order chi connectivity index (χ0) is 56.0. The second-order valence-electron chi connectivity index (χ2n) is 21.9. The van der Waals surface area contributed by atoms with Crippen LogP contribution in [-0.4, -0.2) is 0 Å². The minimum atomic E-state index is 0.763. The van der Waals surface area contributed by atoms with Gasteiger partial charge >= 0.3 is 0 Å². The second kappa shape index (κ2) is 19.7. The van der Waals surface area contributed by atoms with Gasteiger partial charge in [-0.15, -0.1) is 0 Å². The Kier molecular flexibility index (Phi) is 11.2. The molecule has 14 aromatic carbocycles. The molecule has 0 saturated carbocycles. The minimum absolute atomic E-state index is 0.763. The topological polar surface area (TPSA) is 45.9 Å². The van der Waals surface area contributed by atoms with Gasteiger partial charge in [-0.2, -0.15) is 0 Å². The first-order valence-corrected chi connectivity index (χ1v) is 28.9. The predicted molar refractivity (Wildman–Crippen MR) is 354 cm³/mol. The standard InChI is InChI=1S/C80H50N2O3/c1-5-23-51(24-6-1)55-43-56(52-25-7-2-8-26-52)46-59(45-55)81(69-39-21-37-67-63-33-17-19-41-73(63)84-79(67)69)71-49-75-77(65-35-15-13-31-61(65)71)78-66-36-16-14-32-62(66)72(50-76(78)83-75)82(70-40-22-38-68-64-34-18-20-42-74(64)85-80(68)70)60-47-57(53-27-9-3-10-28-53)44-58(48-60)54-29-11-4-12-30-54/h1-50H. The Bertz CT molecular complexity index is 4980. The third-order valence-corrected chi connectivity index (χ3v) is 17.0. The molecule has 0 radical (unpaired) electrons. The normalized spacial score (nSPS) is 11.8. The Labute approximate surface area is 489 Å². The molecule has 0 amide bonds. The minimum Gasteiger partial charge on any atom is -0.456 e. The third-order valence-electron chi connectivity index (χ3n) is 17.0. The van der Waals surface area contributed by atoms with Crippen LogP contribution in [0, 0.1) is 0 Å². The number of hydrogen-bond acceptors (Lipinski definition) is 5. The number of para-hydroxylation sites is 4. The van der Waals surface area contributed by atoms with Crippen molar-refractivity contribution in [1.29, 1.82) is 0 Å². The molecule has 0 N–H and O–H groups in total. The maximum atomic E-state index is 7.54. The van der Waals surface area contributed by atoms with Gasteiger partial charge in [0.15, 0.2) is 11.2 Å². The molecule has 0 bridgehead atoms. The van der Waals surface area contributed by atoms with E-state index in [0.29, 0.717) is 0 Å². The summed E-state index contributed by atoms with van der Waals surface area (Å²) in [6.45, 7) is 0. The molecule has 0 saturated heterocycles. The second-order valence-corrected chi connectivity index (χ2v) is 21.9. The average molecular weight is 1090 g/mol. The third kappa shape index (κ3) is 8.01.